The van der Waals surface area contributed by atoms with Gasteiger partial charge in [-0.1, -0.05) is 0 Å². The van der Waals surface area contributed by atoms with Crippen LogP contribution in [-0.4, -0.2) is 35.4 Å². The third-order valence-corrected chi connectivity index (χ3v) is 3.43. The van der Waals surface area contributed by atoms with Gasteiger partial charge < -0.3 is 10.2 Å². The standard InChI is InChI=1S/C13H19N3O/c1-10(14-2)13(17)16-9-3-4-12(16)11-5-7-15-8-6-11/h5-8,10,12,14H,3-4,9H2,1-2H3. The topological polar surface area (TPSA) is 45.2 Å². The van der Waals surface area contributed by atoms with Gasteiger partial charge in [-0.15, -0.1) is 0 Å². The lowest BCUT2D eigenvalue weighted by molar-refractivity contribution is -0.133. The highest BCUT2D eigenvalue weighted by atomic mass is 16.2. The van der Waals surface area contributed by atoms with Crippen LogP contribution in [0.25, 0.3) is 0 Å². The molecule has 92 valence electrons. The van der Waals surface area contributed by atoms with Crippen LogP contribution in [0.4, 0.5) is 0 Å². The Labute approximate surface area is 102 Å². The minimum atomic E-state index is -0.113. The Kier molecular flexibility index (Phi) is 3.74. The van der Waals surface area contributed by atoms with Crippen LogP contribution >= 0.6 is 0 Å². The van der Waals surface area contributed by atoms with E-state index in [1.54, 1.807) is 12.4 Å². The van der Waals surface area contributed by atoms with Gasteiger partial charge in [0.25, 0.3) is 0 Å². The number of amides is 1. The molecule has 1 N–H and O–H groups in total. The Balaban J connectivity index is 2.15. The van der Waals surface area contributed by atoms with Crippen LogP contribution in [0.3, 0.4) is 0 Å². The van der Waals surface area contributed by atoms with Gasteiger partial charge in [-0.3, -0.25) is 9.78 Å². The van der Waals surface area contributed by atoms with Crippen molar-refractivity contribution >= 4 is 5.91 Å². The Morgan fingerprint density at radius 3 is 2.88 bits per heavy atom. The molecule has 0 spiro atoms. The Morgan fingerprint density at radius 1 is 1.53 bits per heavy atom. The molecule has 2 unspecified atom stereocenters. The van der Waals surface area contributed by atoms with Crippen molar-refractivity contribution in [3.05, 3.63) is 30.1 Å². The number of nitrogens with one attached hydrogen (secondary N) is 1. The van der Waals surface area contributed by atoms with Crippen LogP contribution in [0.1, 0.15) is 31.4 Å². The smallest absolute Gasteiger partial charge is 0.239 e. The van der Waals surface area contributed by atoms with Crippen LogP contribution < -0.4 is 5.32 Å². The SMILES string of the molecule is CNC(C)C(=O)N1CCCC1c1ccncc1. The van der Waals surface area contributed by atoms with Gasteiger partial charge >= 0.3 is 0 Å². The number of pyridine rings is 1. The number of nitrogens with zero attached hydrogens (tertiary/aromatic N) is 2. The van der Waals surface area contributed by atoms with E-state index in [2.05, 4.69) is 10.3 Å². The first-order valence-corrected chi connectivity index (χ1v) is 6.11. The number of carbonyl (C=O) groups excluding carboxylic acids is 1. The summed E-state index contributed by atoms with van der Waals surface area (Å²) in [6.07, 6.45) is 5.71. The van der Waals surface area contributed by atoms with Gasteiger partial charge in [0, 0.05) is 18.9 Å². The molecule has 1 aromatic heterocycles. The lowest BCUT2D eigenvalue weighted by atomic mass is 10.1. The molecule has 0 aliphatic carbocycles. The van der Waals surface area contributed by atoms with Gasteiger partial charge in [0.1, 0.15) is 0 Å². The highest BCUT2D eigenvalue weighted by Crippen LogP contribution is 2.31. The summed E-state index contributed by atoms with van der Waals surface area (Å²) in [6.45, 7) is 2.77. The van der Waals surface area contributed by atoms with E-state index in [4.69, 9.17) is 0 Å². The van der Waals surface area contributed by atoms with Crippen molar-refractivity contribution in [1.29, 1.82) is 0 Å². The van der Waals surface area contributed by atoms with Crippen LogP contribution in [0, 0.1) is 0 Å². The van der Waals surface area contributed by atoms with Crippen molar-refractivity contribution in [1.82, 2.24) is 15.2 Å². The summed E-state index contributed by atoms with van der Waals surface area (Å²) in [5.74, 6) is 0.187. The molecule has 17 heavy (non-hydrogen) atoms. The zero-order valence-electron chi connectivity index (χ0n) is 10.4. The lowest BCUT2D eigenvalue weighted by Gasteiger charge is -2.27. The molecule has 2 rings (SSSR count). The monoisotopic (exact) mass is 233 g/mol. The van der Waals surface area contributed by atoms with Gasteiger partial charge in [0.05, 0.1) is 12.1 Å². The molecule has 1 amide bonds. The number of hydrogen-bond donors (Lipinski definition) is 1. The van der Waals surface area contributed by atoms with Crippen molar-refractivity contribution < 1.29 is 4.79 Å². The second-order valence-corrected chi connectivity index (χ2v) is 4.48. The van der Waals surface area contributed by atoms with Crippen LogP contribution in [0.15, 0.2) is 24.5 Å². The zero-order valence-corrected chi connectivity index (χ0v) is 10.4. The van der Waals surface area contributed by atoms with E-state index in [0.717, 1.165) is 19.4 Å². The van der Waals surface area contributed by atoms with Crippen LogP contribution in [-0.2, 0) is 4.79 Å². The number of hydrogen-bond acceptors (Lipinski definition) is 3. The van der Waals surface area contributed by atoms with E-state index in [0.29, 0.717) is 0 Å². The van der Waals surface area contributed by atoms with Gasteiger partial charge in [-0.05, 0) is 44.5 Å². The minimum Gasteiger partial charge on any atom is -0.334 e. The molecule has 1 fully saturated rings. The van der Waals surface area contributed by atoms with Crippen molar-refractivity contribution in [3.8, 4) is 0 Å². The quantitative estimate of drug-likeness (QED) is 0.857. The number of likely N-dealkylation sites (N-methyl/N-ethyl adjacent to an activating group) is 1. The largest absolute Gasteiger partial charge is 0.334 e. The fraction of sp³-hybridized carbons (Fsp3) is 0.538. The summed E-state index contributed by atoms with van der Waals surface area (Å²) in [4.78, 5) is 18.2. The maximum absolute atomic E-state index is 12.2. The van der Waals surface area contributed by atoms with E-state index in [1.165, 1.54) is 5.56 Å². The van der Waals surface area contributed by atoms with E-state index in [9.17, 15) is 4.79 Å². The Morgan fingerprint density at radius 2 is 2.24 bits per heavy atom. The molecular formula is C13H19N3O. The lowest BCUT2D eigenvalue weighted by Crippen LogP contribution is -2.43. The average Bonchev–Trinajstić information content (AvgIpc) is 2.87. The average molecular weight is 233 g/mol. The number of rotatable bonds is 3. The molecule has 1 aliphatic rings. The molecule has 0 bridgehead atoms. The number of carbonyl (C=O) groups is 1. The first kappa shape index (κ1) is 12.0. The molecular weight excluding hydrogens is 214 g/mol. The van der Waals surface area contributed by atoms with Crippen molar-refractivity contribution in [2.75, 3.05) is 13.6 Å². The summed E-state index contributed by atoms with van der Waals surface area (Å²) in [7, 11) is 1.82. The molecule has 1 saturated heterocycles. The molecule has 1 aliphatic heterocycles. The van der Waals surface area contributed by atoms with Crippen LogP contribution in [0.2, 0.25) is 0 Å². The molecule has 0 saturated carbocycles. The predicted octanol–water partition coefficient (Wildman–Crippen LogP) is 1.35. The number of aromatic nitrogens is 1. The molecule has 2 atom stereocenters. The van der Waals surface area contributed by atoms with Gasteiger partial charge in [0.2, 0.25) is 5.91 Å². The third kappa shape index (κ3) is 2.47. The van der Waals surface area contributed by atoms with E-state index in [1.807, 2.05) is 31.0 Å². The summed E-state index contributed by atoms with van der Waals surface area (Å²) < 4.78 is 0. The van der Waals surface area contributed by atoms with Crippen molar-refractivity contribution in [2.45, 2.75) is 31.8 Å². The second-order valence-electron chi connectivity index (χ2n) is 4.48. The summed E-state index contributed by atoms with van der Waals surface area (Å²) in [5.41, 5.74) is 1.19. The highest BCUT2D eigenvalue weighted by molar-refractivity contribution is 5.82. The summed E-state index contributed by atoms with van der Waals surface area (Å²) in [5, 5.41) is 3.01. The third-order valence-electron chi connectivity index (χ3n) is 3.43. The fourth-order valence-corrected chi connectivity index (χ4v) is 2.33. The fourth-order valence-electron chi connectivity index (χ4n) is 2.33. The molecule has 0 radical (unpaired) electrons. The van der Waals surface area contributed by atoms with Gasteiger partial charge in [-0.2, -0.15) is 0 Å². The number of likely N-dealkylation sites (tertiary alicyclic amines) is 1. The van der Waals surface area contributed by atoms with Gasteiger partial charge in [-0.25, -0.2) is 0 Å². The Bertz CT molecular complexity index is 380. The predicted molar refractivity (Wildman–Crippen MR) is 66.4 cm³/mol. The molecule has 2 heterocycles. The molecule has 0 aromatic carbocycles. The van der Waals surface area contributed by atoms with Crippen LogP contribution in [0.5, 0.6) is 0 Å². The molecule has 4 heteroatoms. The first-order chi connectivity index (χ1) is 8.24. The Hall–Kier alpha value is -1.42. The normalized spacial score (nSPS) is 21.5. The van der Waals surface area contributed by atoms with E-state index in [-0.39, 0.29) is 18.0 Å². The summed E-state index contributed by atoms with van der Waals surface area (Å²) in [6, 6.07) is 4.11. The molecule has 1 aromatic rings. The summed E-state index contributed by atoms with van der Waals surface area (Å²) >= 11 is 0. The van der Waals surface area contributed by atoms with Gasteiger partial charge in [0.15, 0.2) is 0 Å². The maximum atomic E-state index is 12.2. The van der Waals surface area contributed by atoms with Crippen molar-refractivity contribution in [3.63, 3.8) is 0 Å². The second kappa shape index (κ2) is 5.27. The van der Waals surface area contributed by atoms with Crippen molar-refractivity contribution in [2.24, 2.45) is 0 Å². The van der Waals surface area contributed by atoms with E-state index >= 15 is 0 Å². The van der Waals surface area contributed by atoms with E-state index < -0.39 is 0 Å². The first-order valence-electron chi connectivity index (χ1n) is 6.11. The highest BCUT2D eigenvalue weighted by Gasteiger charge is 2.31. The minimum absolute atomic E-state index is 0.113. The maximum Gasteiger partial charge on any atom is 0.239 e. The molecule has 4 nitrogen and oxygen atoms in total. The zero-order chi connectivity index (χ0) is 12.3.